The zero-order valence-electron chi connectivity index (χ0n) is 19.7. The van der Waals surface area contributed by atoms with Crippen molar-refractivity contribution in [1.29, 1.82) is 0 Å². The summed E-state index contributed by atoms with van der Waals surface area (Å²) >= 11 is 0. The number of anilines is 1. The normalized spacial score (nSPS) is 22.4. The summed E-state index contributed by atoms with van der Waals surface area (Å²) in [6, 6.07) is 15.5. The molecule has 1 atom stereocenters. The average Bonchev–Trinajstić information content (AvgIpc) is 3.34. The van der Waals surface area contributed by atoms with E-state index in [0.717, 1.165) is 40.2 Å². The molecule has 7 heteroatoms. The second kappa shape index (κ2) is 9.22. The van der Waals surface area contributed by atoms with Crippen LogP contribution in [0, 0.1) is 0 Å². The summed E-state index contributed by atoms with van der Waals surface area (Å²) < 4.78 is 0. The van der Waals surface area contributed by atoms with E-state index < -0.39 is 11.6 Å². The lowest BCUT2D eigenvalue weighted by Gasteiger charge is -2.31. The van der Waals surface area contributed by atoms with E-state index in [0.29, 0.717) is 12.5 Å². The number of hydrogen-bond acceptors (Lipinski definition) is 4. The molecule has 1 unspecified atom stereocenters. The van der Waals surface area contributed by atoms with Gasteiger partial charge in [0, 0.05) is 18.3 Å². The Morgan fingerprint density at radius 2 is 1.82 bits per heavy atom. The number of benzene rings is 2. The van der Waals surface area contributed by atoms with Crippen LogP contribution in [0.15, 0.2) is 48.5 Å². The first-order valence-electron chi connectivity index (χ1n) is 12.3. The minimum atomic E-state index is -1.05. The molecule has 1 heterocycles. The monoisotopic (exact) mass is 460 g/mol. The van der Waals surface area contributed by atoms with Gasteiger partial charge in [-0.2, -0.15) is 0 Å². The standard InChI is InChI=1S/C27H32N4O3/c1-30(21-11-3-2-4-12-21)17-20-10-6-8-14-23(20)28-24(32)18-31-25(33)27(29-26(31)34)16-15-19-9-5-7-13-22(19)27/h5-10,13-14,21H,2-4,11-12,15-18H2,1H3,(H,28,32)(H,29,34). The number of aryl methyl sites for hydroxylation is 1. The zero-order valence-corrected chi connectivity index (χ0v) is 19.7. The first kappa shape index (κ1) is 22.6. The number of fused-ring (bicyclic) bond motifs is 2. The number of nitrogens with zero attached hydrogens (tertiary/aromatic N) is 2. The highest BCUT2D eigenvalue weighted by Crippen LogP contribution is 2.41. The Bertz CT molecular complexity index is 1110. The highest BCUT2D eigenvalue weighted by molar-refractivity contribution is 6.11. The lowest BCUT2D eigenvalue weighted by Crippen LogP contribution is -2.43. The van der Waals surface area contributed by atoms with E-state index in [1.54, 1.807) is 0 Å². The maximum absolute atomic E-state index is 13.3. The van der Waals surface area contributed by atoms with Crippen LogP contribution in [-0.4, -0.2) is 47.3 Å². The van der Waals surface area contributed by atoms with Gasteiger partial charge in [0.25, 0.3) is 5.91 Å². The van der Waals surface area contributed by atoms with Crippen molar-refractivity contribution < 1.29 is 14.4 Å². The molecule has 4 amide bonds. The number of hydrogen-bond donors (Lipinski definition) is 2. The lowest BCUT2D eigenvalue weighted by molar-refractivity contribution is -0.134. The van der Waals surface area contributed by atoms with Crippen LogP contribution >= 0.6 is 0 Å². The van der Waals surface area contributed by atoms with Crippen molar-refractivity contribution in [1.82, 2.24) is 15.1 Å². The Morgan fingerprint density at radius 3 is 2.65 bits per heavy atom. The zero-order chi connectivity index (χ0) is 23.7. The first-order valence-corrected chi connectivity index (χ1v) is 12.3. The highest BCUT2D eigenvalue weighted by Gasteiger charge is 2.55. The number of imide groups is 1. The van der Waals surface area contributed by atoms with Gasteiger partial charge in [-0.15, -0.1) is 0 Å². The van der Waals surface area contributed by atoms with Crippen LogP contribution in [0.3, 0.4) is 0 Å². The number of para-hydroxylation sites is 1. The van der Waals surface area contributed by atoms with Crippen molar-refractivity contribution in [2.45, 2.75) is 63.1 Å². The molecule has 1 saturated carbocycles. The summed E-state index contributed by atoms with van der Waals surface area (Å²) in [6.45, 7) is 0.436. The number of nitrogens with one attached hydrogen (secondary N) is 2. The summed E-state index contributed by atoms with van der Waals surface area (Å²) in [6.07, 6.45) is 7.52. The lowest BCUT2D eigenvalue weighted by atomic mass is 9.92. The van der Waals surface area contributed by atoms with Gasteiger partial charge in [-0.1, -0.05) is 61.7 Å². The fourth-order valence-corrected chi connectivity index (χ4v) is 5.77. The van der Waals surface area contributed by atoms with Crippen LogP contribution in [-0.2, 0) is 28.1 Å². The molecule has 0 bridgehead atoms. The fraction of sp³-hybridized carbons (Fsp3) is 0.444. The van der Waals surface area contributed by atoms with Crippen LogP contribution in [0.4, 0.5) is 10.5 Å². The highest BCUT2D eigenvalue weighted by atomic mass is 16.2. The smallest absolute Gasteiger partial charge is 0.324 e. The van der Waals surface area contributed by atoms with Crippen LogP contribution < -0.4 is 10.6 Å². The van der Waals surface area contributed by atoms with Crippen LogP contribution in [0.2, 0.25) is 0 Å². The third kappa shape index (κ3) is 4.09. The van der Waals surface area contributed by atoms with Crippen LogP contribution in [0.1, 0.15) is 55.2 Å². The van der Waals surface area contributed by atoms with Gasteiger partial charge < -0.3 is 10.6 Å². The number of carbonyl (C=O) groups is 3. The molecule has 178 valence electrons. The van der Waals surface area contributed by atoms with E-state index in [1.807, 2.05) is 48.5 Å². The van der Waals surface area contributed by atoms with Crippen molar-refractivity contribution in [3.05, 3.63) is 65.2 Å². The molecule has 2 fully saturated rings. The summed E-state index contributed by atoms with van der Waals surface area (Å²) in [4.78, 5) is 42.4. The average molecular weight is 461 g/mol. The number of carbonyl (C=O) groups excluding carboxylic acids is 3. The summed E-state index contributed by atoms with van der Waals surface area (Å²) in [5, 5.41) is 5.82. The van der Waals surface area contributed by atoms with E-state index in [-0.39, 0.29) is 18.4 Å². The molecule has 2 aromatic rings. The molecule has 2 aromatic carbocycles. The molecule has 2 N–H and O–H groups in total. The van der Waals surface area contributed by atoms with Crippen LogP contribution in [0.5, 0.6) is 0 Å². The molecule has 7 nitrogen and oxygen atoms in total. The first-order chi connectivity index (χ1) is 16.5. The summed E-state index contributed by atoms with van der Waals surface area (Å²) in [5.74, 6) is -0.720. The third-order valence-electron chi connectivity index (χ3n) is 7.63. The molecule has 34 heavy (non-hydrogen) atoms. The van der Waals surface area contributed by atoms with Crippen LogP contribution in [0.25, 0.3) is 0 Å². The topological polar surface area (TPSA) is 81.8 Å². The molecule has 1 saturated heterocycles. The van der Waals surface area contributed by atoms with Gasteiger partial charge in [0.15, 0.2) is 0 Å². The Hall–Kier alpha value is -3.19. The molecule has 2 aliphatic carbocycles. The van der Waals surface area contributed by atoms with Crippen molar-refractivity contribution in [3.63, 3.8) is 0 Å². The maximum atomic E-state index is 13.3. The van der Waals surface area contributed by atoms with Gasteiger partial charge in [-0.25, -0.2) is 4.79 Å². The maximum Gasteiger partial charge on any atom is 0.325 e. The molecule has 1 aliphatic heterocycles. The van der Waals surface area contributed by atoms with Crippen molar-refractivity contribution in [3.8, 4) is 0 Å². The largest absolute Gasteiger partial charge is 0.325 e. The van der Waals surface area contributed by atoms with Crippen molar-refractivity contribution >= 4 is 23.5 Å². The van der Waals surface area contributed by atoms with E-state index in [2.05, 4.69) is 22.6 Å². The minimum Gasteiger partial charge on any atom is -0.324 e. The quantitative estimate of drug-likeness (QED) is 0.643. The minimum absolute atomic E-state index is 0.304. The molecule has 5 rings (SSSR count). The fourth-order valence-electron chi connectivity index (χ4n) is 5.77. The van der Waals surface area contributed by atoms with Crippen molar-refractivity contribution in [2.75, 3.05) is 18.9 Å². The number of rotatable bonds is 6. The summed E-state index contributed by atoms with van der Waals surface area (Å²) in [7, 11) is 2.14. The Morgan fingerprint density at radius 1 is 1.09 bits per heavy atom. The third-order valence-corrected chi connectivity index (χ3v) is 7.63. The molecule has 0 radical (unpaired) electrons. The van der Waals surface area contributed by atoms with Gasteiger partial charge in [0.05, 0.1) is 0 Å². The van der Waals surface area contributed by atoms with Crippen molar-refractivity contribution in [2.24, 2.45) is 0 Å². The van der Waals surface area contributed by atoms with Gasteiger partial charge >= 0.3 is 6.03 Å². The molecule has 1 spiro atoms. The number of amides is 4. The van der Waals surface area contributed by atoms with Gasteiger partial charge in [0.1, 0.15) is 12.1 Å². The summed E-state index contributed by atoms with van der Waals surface area (Å²) in [5.41, 5.74) is 2.62. The molecule has 0 aromatic heterocycles. The van der Waals surface area contributed by atoms with E-state index >= 15 is 0 Å². The number of urea groups is 1. The predicted octanol–water partition coefficient (Wildman–Crippen LogP) is 3.78. The second-order valence-electron chi connectivity index (χ2n) is 9.80. The molecule has 3 aliphatic rings. The molecular formula is C27H32N4O3. The predicted molar refractivity (Wildman–Crippen MR) is 130 cm³/mol. The van der Waals surface area contributed by atoms with E-state index in [1.165, 1.54) is 32.1 Å². The molecular weight excluding hydrogens is 428 g/mol. The van der Waals surface area contributed by atoms with Gasteiger partial charge in [-0.3, -0.25) is 19.4 Å². The second-order valence-corrected chi connectivity index (χ2v) is 9.80. The van der Waals surface area contributed by atoms with E-state index in [9.17, 15) is 14.4 Å². The Kier molecular flexibility index (Phi) is 6.13. The van der Waals surface area contributed by atoms with E-state index in [4.69, 9.17) is 0 Å². The van der Waals surface area contributed by atoms with Gasteiger partial charge in [-0.05, 0) is 55.5 Å². The Balaban J connectivity index is 1.26. The SMILES string of the molecule is CN(Cc1ccccc1NC(=O)CN1C(=O)NC2(CCc3ccccc32)C1=O)C1CCCCC1. The van der Waals surface area contributed by atoms with Gasteiger partial charge in [0.2, 0.25) is 5.91 Å². The Labute approximate surface area is 200 Å².